The Bertz CT molecular complexity index is 917. The molecule has 1 heterocycles. The SMILES string of the molecule is Cc1ccc(F)cc1CNC(=O)c1ccc(OC2CCN(C(=O)C3CC3)CC2)cc1. The first-order chi connectivity index (χ1) is 14.5. The second kappa shape index (κ2) is 8.86. The Hall–Kier alpha value is -2.89. The van der Waals surface area contributed by atoms with Gasteiger partial charge in [-0.15, -0.1) is 0 Å². The van der Waals surface area contributed by atoms with Gasteiger partial charge < -0.3 is 15.0 Å². The molecule has 1 aliphatic heterocycles. The molecule has 1 N–H and O–H groups in total. The number of benzene rings is 2. The van der Waals surface area contributed by atoms with E-state index >= 15 is 0 Å². The van der Waals surface area contributed by atoms with Gasteiger partial charge in [0, 0.05) is 44.0 Å². The molecule has 2 aliphatic rings. The number of likely N-dealkylation sites (tertiary alicyclic amines) is 1. The van der Waals surface area contributed by atoms with E-state index in [2.05, 4.69) is 5.32 Å². The predicted octanol–water partition coefficient (Wildman–Crippen LogP) is 3.84. The number of ether oxygens (including phenoxy) is 1. The van der Waals surface area contributed by atoms with Gasteiger partial charge in [0.1, 0.15) is 17.7 Å². The van der Waals surface area contributed by atoms with Crippen LogP contribution in [0.15, 0.2) is 42.5 Å². The van der Waals surface area contributed by atoms with Crippen molar-refractivity contribution in [2.24, 2.45) is 5.92 Å². The quantitative estimate of drug-likeness (QED) is 0.787. The number of rotatable bonds is 6. The van der Waals surface area contributed by atoms with Crippen LogP contribution in [-0.4, -0.2) is 35.9 Å². The molecule has 2 fully saturated rings. The van der Waals surface area contributed by atoms with Crippen LogP contribution >= 0.6 is 0 Å². The van der Waals surface area contributed by atoms with Crippen molar-refractivity contribution in [1.29, 1.82) is 0 Å². The molecule has 6 heteroatoms. The summed E-state index contributed by atoms with van der Waals surface area (Å²) in [7, 11) is 0. The molecule has 4 rings (SSSR count). The maximum absolute atomic E-state index is 13.4. The highest BCUT2D eigenvalue weighted by Crippen LogP contribution is 2.32. The molecule has 0 aromatic heterocycles. The second-order valence-electron chi connectivity index (χ2n) is 8.19. The summed E-state index contributed by atoms with van der Waals surface area (Å²) in [5.41, 5.74) is 2.22. The first kappa shape index (κ1) is 20.4. The van der Waals surface area contributed by atoms with E-state index in [-0.39, 0.29) is 30.3 Å². The van der Waals surface area contributed by atoms with Crippen molar-refractivity contribution < 1.29 is 18.7 Å². The third-order valence-corrected chi connectivity index (χ3v) is 5.85. The molecule has 5 nitrogen and oxygen atoms in total. The van der Waals surface area contributed by atoms with Gasteiger partial charge in [-0.25, -0.2) is 4.39 Å². The minimum atomic E-state index is -0.311. The average Bonchev–Trinajstić information content (AvgIpc) is 3.60. The van der Waals surface area contributed by atoms with Gasteiger partial charge in [-0.05, 0) is 67.3 Å². The van der Waals surface area contributed by atoms with Gasteiger partial charge >= 0.3 is 0 Å². The van der Waals surface area contributed by atoms with Crippen molar-refractivity contribution in [2.45, 2.75) is 45.3 Å². The van der Waals surface area contributed by atoms with Crippen LogP contribution in [0.5, 0.6) is 5.75 Å². The Morgan fingerprint density at radius 1 is 1.07 bits per heavy atom. The van der Waals surface area contributed by atoms with Crippen molar-refractivity contribution in [3.8, 4) is 5.75 Å². The summed E-state index contributed by atoms with van der Waals surface area (Å²) in [6, 6.07) is 11.6. The number of nitrogens with zero attached hydrogens (tertiary/aromatic N) is 1. The minimum Gasteiger partial charge on any atom is -0.490 e. The fourth-order valence-corrected chi connectivity index (χ4v) is 3.77. The van der Waals surface area contributed by atoms with E-state index in [1.54, 1.807) is 30.3 Å². The van der Waals surface area contributed by atoms with Gasteiger partial charge in [0.15, 0.2) is 0 Å². The van der Waals surface area contributed by atoms with Crippen molar-refractivity contribution in [1.82, 2.24) is 10.2 Å². The average molecular weight is 410 g/mol. The zero-order valence-electron chi connectivity index (χ0n) is 17.2. The van der Waals surface area contributed by atoms with Crippen LogP contribution < -0.4 is 10.1 Å². The Kier molecular flexibility index (Phi) is 6.02. The van der Waals surface area contributed by atoms with Crippen LogP contribution in [0.1, 0.15) is 47.2 Å². The summed E-state index contributed by atoms with van der Waals surface area (Å²) < 4.78 is 19.4. The summed E-state index contributed by atoms with van der Waals surface area (Å²) >= 11 is 0. The first-order valence-corrected chi connectivity index (χ1v) is 10.6. The van der Waals surface area contributed by atoms with E-state index < -0.39 is 0 Å². The van der Waals surface area contributed by atoms with Crippen LogP contribution in [0.2, 0.25) is 0 Å². The van der Waals surface area contributed by atoms with Gasteiger partial charge in [-0.2, -0.15) is 0 Å². The lowest BCUT2D eigenvalue weighted by Gasteiger charge is -2.32. The molecule has 0 bridgehead atoms. The molecule has 2 aromatic rings. The number of hydrogen-bond donors (Lipinski definition) is 1. The highest BCUT2D eigenvalue weighted by atomic mass is 19.1. The molecule has 158 valence electrons. The molecule has 0 radical (unpaired) electrons. The zero-order valence-corrected chi connectivity index (χ0v) is 17.2. The van der Waals surface area contributed by atoms with E-state index in [1.165, 1.54) is 12.1 Å². The van der Waals surface area contributed by atoms with E-state index in [0.29, 0.717) is 11.5 Å². The summed E-state index contributed by atoms with van der Waals surface area (Å²) in [5, 5.41) is 2.83. The third-order valence-electron chi connectivity index (χ3n) is 5.85. The number of aryl methyl sites for hydroxylation is 1. The fraction of sp³-hybridized carbons (Fsp3) is 0.417. The van der Waals surface area contributed by atoms with Crippen molar-refractivity contribution in [3.63, 3.8) is 0 Å². The van der Waals surface area contributed by atoms with Crippen LogP contribution in [0.25, 0.3) is 0 Å². The normalized spacial score (nSPS) is 16.9. The number of hydrogen-bond acceptors (Lipinski definition) is 3. The Morgan fingerprint density at radius 2 is 1.77 bits per heavy atom. The number of nitrogens with one attached hydrogen (secondary N) is 1. The largest absolute Gasteiger partial charge is 0.490 e. The fourth-order valence-electron chi connectivity index (χ4n) is 3.77. The Morgan fingerprint density at radius 3 is 2.43 bits per heavy atom. The van der Waals surface area contributed by atoms with Crippen molar-refractivity contribution in [3.05, 3.63) is 65.0 Å². The van der Waals surface area contributed by atoms with E-state index in [1.807, 2.05) is 11.8 Å². The summed E-state index contributed by atoms with van der Waals surface area (Å²) in [4.78, 5) is 26.5. The number of carbonyl (C=O) groups excluding carboxylic acids is 2. The lowest BCUT2D eigenvalue weighted by atomic mass is 10.1. The standard InChI is InChI=1S/C24H27FN2O3/c1-16-2-7-20(25)14-19(16)15-26-23(28)17-5-8-21(9-6-17)30-22-10-12-27(13-11-22)24(29)18-3-4-18/h2,5-9,14,18,22H,3-4,10-13,15H2,1H3,(H,26,28). The molecule has 0 atom stereocenters. The molecular formula is C24H27FN2O3. The molecule has 1 aliphatic carbocycles. The molecule has 0 unspecified atom stereocenters. The Balaban J connectivity index is 1.26. The maximum atomic E-state index is 13.4. The Labute approximate surface area is 176 Å². The maximum Gasteiger partial charge on any atom is 0.251 e. The van der Waals surface area contributed by atoms with Gasteiger partial charge in [0.2, 0.25) is 5.91 Å². The number of piperidine rings is 1. The first-order valence-electron chi connectivity index (χ1n) is 10.6. The third kappa shape index (κ3) is 4.99. The highest BCUT2D eigenvalue weighted by Gasteiger charge is 2.35. The lowest BCUT2D eigenvalue weighted by Crippen LogP contribution is -2.42. The molecule has 1 saturated heterocycles. The summed E-state index contributed by atoms with van der Waals surface area (Å²) in [6.07, 6.45) is 3.82. The van der Waals surface area contributed by atoms with Crippen LogP contribution in [-0.2, 0) is 11.3 Å². The lowest BCUT2D eigenvalue weighted by molar-refractivity contribution is -0.134. The van der Waals surface area contributed by atoms with Gasteiger partial charge in [0.25, 0.3) is 5.91 Å². The van der Waals surface area contributed by atoms with E-state index in [9.17, 15) is 14.0 Å². The summed E-state index contributed by atoms with van der Waals surface area (Å²) in [5.74, 6) is 0.772. The van der Waals surface area contributed by atoms with Crippen LogP contribution in [0.4, 0.5) is 4.39 Å². The number of carbonyl (C=O) groups is 2. The zero-order chi connectivity index (χ0) is 21.1. The van der Waals surface area contributed by atoms with E-state index in [0.717, 1.165) is 55.6 Å². The van der Waals surface area contributed by atoms with Gasteiger partial charge in [-0.1, -0.05) is 6.07 Å². The highest BCUT2D eigenvalue weighted by molar-refractivity contribution is 5.94. The smallest absolute Gasteiger partial charge is 0.251 e. The minimum absolute atomic E-state index is 0.0869. The van der Waals surface area contributed by atoms with Gasteiger partial charge in [0.05, 0.1) is 0 Å². The van der Waals surface area contributed by atoms with Crippen molar-refractivity contribution in [2.75, 3.05) is 13.1 Å². The number of halogens is 1. The molecule has 2 amide bonds. The molecular weight excluding hydrogens is 383 g/mol. The van der Waals surface area contributed by atoms with Crippen LogP contribution in [0, 0.1) is 18.7 Å². The number of amides is 2. The molecule has 0 spiro atoms. The summed E-state index contributed by atoms with van der Waals surface area (Å²) in [6.45, 7) is 3.66. The monoisotopic (exact) mass is 410 g/mol. The van der Waals surface area contributed by atoms with E-state index in [4.69, 9.17) is 4.74 Å². The molecule has 30 heavy (non-hydrogen) atoms. The van der Waals surface area contributed by atoms with Crippen molar-refractivity contribution >= 4 is 11.8 Å². The van der Waals surface area contributed by atoms with Crippen LogP contribution in [0.3, 0.4) is 0 Å². The molecule has 2 aromatic carbocycles. The topological polar surface area (TPSA) is 58.6 Å². The van der Waals surface area contributed by atoms with Gasteiger partial charge in [-0.3, -0.25) is 9.59 Å². The second-order valence-corrected chi connectivity index (χ2v) is 8.19. The molecule has 1 saturated carbocycles. The predicted molar refractivity (Wildman–Crippen MR) is 112 cm³/mol.